The molecule has 0 saturated heterocycles. The topological polar surface area (TPSA) is 81.5 Å². The minimum atomic E-state index is -0.922. The average Bonchev–Trinajstić information content (AvgIpc) is 2.78. The maximum Gasteiger partial charge on any atom is 0.340 e. The summed E-state index contributed by atoms with van der Waals surface area (Å²) in [5.74, 6) is -1.39. The molecule has 1 aliphatic rings. The molecule has 2 aromatic carbocycles. The number of carbonyl (C=O) groups excluding carboxylic acids is 1. The number of carbonyl (C=O) groups is 1. The highest BCUT2D eigenvalue weighted by atomic mass is 19.1. The van der Waals surface area contributed by atoms with Crippen molar-refractivity contribution in [3.05, 3.63) is 69.5 Å². The van der Waals surface area contributed by atoms with Gasteiger partial charge < -0.3 is 10.1 Å². The quantitative estimate of drug-likeness (QED) is 0.533. The standard InChI is InChI=1S/C14H9FN2O4/c15-11-6-5-8(7-12(11)17(19)20)16-13-9-3-1-2-4-10(9)14(18)21-13/h1-7,13,16H/t13-/m1/s1. The molecule has 0 fully saturated rings. The van der Waals surface area contributed by atoms with Crippen LogP contribution >= 0.6 is 0 Å². The molecule has 0 bridgehead atoms. The molecule has 0 aromatic heterocycles. The van der Waals surface area contributed by atoms with Crippen LogP contribution in [0.4, 0.5) is 15.8 Å². The fourth-order valence-electron chi connectivity index (χ4n) is 2.15. The molecule has 1 N–H and O–H groups in total. The Labute approximate surface area is 118 Å². The van der Waals surface area contributed by atoms with Gasteiger partial charge in [-0.05, 0) is 18.2 Å². The number of nitrogens with one attached hydrogen (secondary N) is 1. The second-order valence-electron chi connectivity index (χ2n) is 4.44. The molecule has 6 nitrogen and oxygen atoms in total. The SMILES string of the molecule is O=C1O[C@@H](Nc2ccc(F)c([N+](=O)[O-])c2)c2ccccc21. The molecule has 1 heterocycles. The van der Waals surface area contributed by atoms with E-state index in [-0.39, 0.29) is 5.69 Å². The van der Waals surface area contributed by atoms with Crippen LogP contribution in [0.1, 0.15) is 22.1 Å². The third-order valence-corrected chi connectivity index (χ3v) is 3.13. The zero-order chi connectivity index (χ0) is 15.0. The summed E-state index contributed by atoms with van der Waals surface area (Å²) in [6, 6.07) is 10.2. The Morgan fingerprint density at radius 3 is 2.76 bits per heavy atom. The summed E-state index contributed by atoms with van der Waals surface area (Å²) in [5, 5.41) is 13.5. The van der Waals surface area contributed by atoms with Crippen LogP contribution in [-0.4, -0.2) is 10.9 Å². The smallest absolute Gasteiger partial charge is 0.340 e. The Hall–Kier alpha value is -2.96. The third kappa shape index (κ3) is 2.29. The van der Waals surface area contributed by atoms with Crippen molar-refractivity contribution in [1.29, 1.82) is 0 Å². The van der Waals surface area contributed by atoms with Crippen LogP contribution in [0, 0.1) is 15.9 Å². The predicted octanol–water partition coefficient (Wildman–Crippen LogP) is 3.02. The monoisotopic (exact) mass is 288 g/mol. The van der Waals surface area contributed by atoms with Crippen molar-refractivity contribution in [2.24, 2.45) is 0 Å². The van der Waals surface area contributed by atoms with E-state index >= 15 is 0 Å². The zero-order valence-corrected chi connectivity index (χ0v) is 10.6. The number of nitro benzene ring substituents is 1. The van der Waals surface area contributed by atoms with Crippen LogP contribution in [0.5, 0.6) is 0 Å². The normalized spacial score (nSPS) is 16.2. The molecule has 0 amide bonds. The minimum Gasteiger partial charge on any atom is -0.434 e. The highest BCUT2D eigenvalue weighted by Gasteiger charge is 2.30. The first-order valence-corrected chi connectivity index (χ1v) is 6.06. The van der Waals surface area contributed by atoms with Gasteiger partial charge in [-0.3, -0.25) is 10.1 Å². The molecular formula is C14H9FN2O4. The number of benzene rings is 2. The molecule has 21 heavy (non-hydrogen) atoms. The second kappa shape index (κ2) is 4.86. The Morgan fingerprint density at radius 1 is 1.24 bits per heavy atom. The molecule has 0 unspecified atom stereocenters. The van der Waals surface area contributed by atoms with Gasteiger partial charge in [0.05, 0.1) is 10.5 Å². The van der Waals surface area contributed by atoms with E-state index in [9.17, 15) is 19.3 Å². The third-order valence-electron chi connectivity index (χ3n) is 3.13. The maximum atomic E-state index is 13.3. The summed E-state index contributed by atoms with van der Waals surface area (Å²) >= 11 is 0. The van der Waals surface area contributed by atoms with Crippen molar-refractivity contribution in [3.8, 4) is 0 Å². The summed E-state index contributed by atoms with van der Waals surface area (Å²) in [6.07, 6.45) is -0.751. The van der Waals surface area contributed by atoms with Gasteiger partial charge >= 0.3 is 11.7 Å². The largest absolute Gasteiger partial charge is 0.434 e. The minimum absolute atomic E-state index is 0.289. The number of rotatable bonds is 3. The van der Waals surface area contributed by atoms with Crippen molar-refractivity contribution in [2.45, 2.75) is 6.23 Å². The molecule has 1 atom stereocenters. The van der Waals surface area contributed by atoms with Crippen LogP contribution in [0.3, 0.4) is 0 Å². The summed E-state index contributed by atoms with van der Waals surface area (Å²) in [4.78, 5) is 21.6. The molecule has 0 aliphatic carbocycles. The van der Waals surface area contributed by atoms with E-state index in [1.54, 1.807) is 24.3 Å². The summed E-state index contributed by atoms with van der Waals surface area (Å²) in [6.45, 7) is 0. The molecule has 106 valence electrons. The Bertz CT molecular complexity index is 748. The van der Waals surface area contributed by atoms with Crippen LogP contribution in [0.15, 0.2) is 42.5 Å². The van der Waals surface area contributed by atoms with Crippen LogP contribution in [0.25, 0.3) is 0 Å². The number of nitrogens with zero attached hydrogens (tertiary/aromatic N) is 1. The van der Waals surface area contributed by atoms with Gasteiger partial charge in [0.1, 0.15) is 0 Å². The predicted molar refractivity (Wildman–Crippen MR) is 71.3 cm³/mol. The maximum absolute atomic E-state index is 13.3. The van der Waals surface area contributed by atoms with E-state index < -0.39 is 28.6 Å². The molecule has 2 aromatic rings. The van der Waals surface area contributed by atoms with Crippen molar-refractivity contribution >= 4 is 17.3 Å². The Balaban J connectivity index is 1.90. The lowest BCUT2D eigenvalue weighted by Gasteiger charge is -2.14. The number of ether oxygens (including phenoxy) is 1. The first-order valence-electron chi connectivity index (χ1n) is 6.06. The van der Waals surface area contributed by atoms with Gasteiger partial charge in [-0.25, -0.2) is 4.79 Å². The van der Waals surface area contributed by atoms with Gasteiger partial charge in [0.25, 0.3) is 0 Å². The molecule has 1 aliphatic heterocycles. The lowest BCUT2D eigenvalue weighted by Crippen LogP contribution is -2.10. The van der Waals surface area contributed by atoms with E-state index in [1.165, 1.54) is 6.07 Å². The number of nitro groups is 1. The molecule has 0 spiro atoms. The Kier molecular flexibility index (Phi) is 3.02. The number of hydrogen-bond acceptors (Lipinski definition) is 5. The van der Waals surface area contributed by atoms with E-state index in [2.05, 4.69) is 5.32 Å². The van der Waals surface area contributed by atoms with E-state index in [0.717, 1.165) is 12.1 Å². The van der Waals surface area contributed by atoms with Crippen LogP contribution in [-0.2, 0) is 4.74 Å². The van der Waals surface area contributed by atoms with Gasteiger partial charge in [0.2, 0.25) is 12.0 Å². The van der Waals surface area contributed by atoms with E-state index in [4.69, 9.17) is 4.74 Å². The average molecular weight is 288 g/mol. The molecule has 7 heteroatoms. The van der Waals surface area contributed by atoms with Crippen molar-refractivity contribution in [1.82, 2.24) is 0 Å². The van der Waals surface area contributed by atoms with Crippen molar-refractivity contribution in [2.75, 3.05) is 5.32 Å². The lowest BCUT2D eigenvalue weighted by molar-refractivity contribution is -0.387. The number of fused-ring (bicyclic) bond motifs is 1. The summed E-state index contributed by atoms with van der Waals surface area (Å²) in [5.41, 5.74) is 0.719. The zero-order valence-electron chi connectivity index (χ0n) is 10.6. The fraction of sp³-hybridized carbons (Fsp3) is 0.0714. The number of anilines is 1. The number of esters is 1. The van der Waals surface area contributed by atoms with Crippen molar-refractivity contribution < 1.29 is 18.8 Å². The molecular weight excluding hydrogens is 279 g/mol. The first kappa shape index (κ1) is 13.0. The van der Waals surface area contributed by atoms with Crippen LogP contribution in [0.2, 0.25) is 0 Å². The molecule has 0 saturated carbocycles. The number of halogens is 1. The Morgan fingerprint density at radius 2 is 2.00 bits per heavy atom. The summed E-state index contributed by atoms with van der Waals surface area (Å²) in [7, 11) is 0. The van der Waals surface area contributed by atoms with E-state index in [1.807, 2.05) is 0 Å². The van der Waals surface area contributed by atoms with Gasteiger partial charge in [-0.1, -0.05) is 18.2 Å². The van der Waals surface area contributed by atoms with Gasteiger partial charge in [-0.15, -0.1) is 0 Å². The van der Waals surface area contributed by atoms with Crippen molar-refractivity contribution in [3.63, 3.8) is 0 Å². The first-order chi connectivity index (χ1) is 10.1. The van der Waals surface area contributed by atoms with Gasteiger partial charge in [-0.2, -0.15) is 4.39 Å². The van der Waals surface area contributed by atoms with Gasteiger partial charge in [0, 0.05) is 17.3 Å². The fourth-order valence-corrected chi connectivity index (χ4v) is 2.15. The second-order valence-corrected chi connectivity index (χ2v) is 4.44. The van der Waals surface area contributed by atoms with E-state index in [0.29, 0.717) is 11.1 Å². The lowest BCUT2D eigenvalue weighted by atomic mass is 10.1. The number of hydrogen-bond donors (Lipinski definition) is 1. The van der Waals surface area contributed by atoms with Crippen LogP contribution < -0.4 is 5.32 Å². The highest BCUT2D eigenvalue weighted by Crippen LogP contribution is 2.32. The highest BCUT2D eigenvalue weighted by molar-refractivity contribution is 5.94. The number of cyclic esters (lactones) is 1. The molecule has 3 rings (SSSR count). The summed E-state index contributed by atoms with van der Waals surface area (Å²) < 4.78 is 18.4. The van der Waals surface area contributed by atoms with Gasteiger partial charge in [0.15, 0.2) is 0 Å². The molecule has 0 radical (unpaired) electrons.